The number of benzene rings is 3. The Morgan fingerprint density at radius 1 is 0.808 bits per heavy atom. The van der Waals surface area contributed by atoms with Crippen molar-refractivity contribution in [2.24, 2.45) is 0 Å². The molecular weight excluding hydrogens is 324 g/mol. The molecule has 3 aromatic carbocycles. The molecule has 0 bridgehead atoms. The number of carbonyl (C=O) groups is 1. The Kier molecular flexibility index (Phi) is 5.69. The second-order valence-electron chi connectivity index (χ2n) is 6.09. The van der Waals surface area contributed by atoms with Crippen LogP contribution in [0.2, 0.25) is 0 Å². The molecule has 0 N–H and O–H groups in total. The maximum Gasteiger partial charge on any atom is 0.170 e. The number of methoxy groups -OCH3 is 2. The Hall–Kier alpha value is -3.07. The van der Waals surface area contributed by atoms with E-state index in [0.717, 1.165) is 11.1 Å². The highest BCUT2D eigenvalue weighted by atomic mass is 16.5. The third-order valence-corrected chi connectivity index (χ3v) is 4.47. The van der Waals surface area contributed by atoms with E-state index in [1.54, 1.807) is 32.4 Å². The van der Waals surface area contributed by atoms with Crippen LogP contribution in [0.5, 0.6) is 11.5 Å². The maximum absolute atomic E-state index is 13.3. The molecule has 0 heterocycles. The van der Waals surface area contributed by atoms with E-state index in [2.05, 4.69) is 12.1 Å². The monoisotopic (exact) mass is 346 g/mol. The van der Waals surface area contributed by atoms with Crippen molar-refractivity contribution in [2.75, 3.05) is 14.2 Å². The smallest absolute Gasteiger partial charge is 0.170 e. The van der Waals surface area contributed by atoms with Gasteiger partial charge in [0.05, 0.1) is 20.1 Å². The molecule has 3 aromatic rings. The fourth-order valence-corrected chi connectivity index (χ4v) is 3.09. The number of ketones is 1. The Morgan fingerprint density at radius 2 is 1.42 bits per heavy atom. The van der Waals surface area contributed by atoms with Crippen LogP contribution in [0.25, 0.3) is 0 Å². The molecule has 0 amide bonds. The highest BCUT2D eigenvalue weighted by molar-refractivity contribution is 6.01. The lowest BCUT2D eigenvalue weighted by atomic mass is 9.85. The minimum Gasteiger partial charge on any atom is -0.493 e. The van der Waals surface area contributed by atoms with Crippen molar-refractivity contribution < 1.29 is 14.3 Å². The van der Waals surface area contributed by atoms with Gasteiger partial charge in [-0.2, -0.15) is 0 Å². The zero-order chi connectivity index (χ0) is 18.4. The van der Waals surface area contributed by atoms with Crippen LogP contribution in [-0.2, 0) is 6.42 Å². The van der Waals surface area contributed by atoms with Gasteiger partial charge in [-0.3, -0.25) is 4.79 Å². The molecule has 3 heteroatoms. The van der Waals surface area contributed by atoms with Gasteiger partial charge in [-0.05, 0) is 35.7 Å². The summed E-state index contributed by atoms with van der Waals surface area (Å²) in [5.41, 5.74) is 2.76. The van der Waals surface area contributed by atoms with E-state index < -0.39 is 0 Å². The summed E-state index contributed by atoms with van der Waals surface area (Å²) in [6.07, 6.45) is 0.651. The lowest BCUT2D eigenvalue weighted by Crippen LogP contribution is -2.16. The largest absolute Gasteiger partial charge is 0.493 e. The Labute approximate surface area is 154 Å². The van der Waals surface area contributed by atoms with Gasteiger partial charge in [0.2, 0.25) is 0 Å². The molecule has 0 aliphatic rings. The minimum atomic E-state index is -0.253. The van der Waals surface area contributed by atoms with Crippen molar-refractivity contribution in [3.05, 3.63) is 95.6 Å². The predicted octanol–water partition coefficient (Wildman–Crippen LogP) is 4.91. The first kappa shape index (κ1) is 17.7. The summed E-state index contributed by atoms with van der Waals surface area (Å²) in [6.45, 7) is 0. The van der Waals surface area contributed by atoms with Crippen LogP contribution in [0.1, 0.15) is 27.4 Å². The van der Waals surface area contributed by atoms with Gasteiger partial charge in [0.25, 0.3) is 0 Å². The fraction of sp³-hybridized carbons (Fsp3) is 0.174. The quantitative estimate of drug-likeness (QED) is 0.570. The van der Waals surface area contributed by atoms with Crippen LogP contribution >= 0.6 is 0 Å². The zero-order valence-electron chi connectivity index (χ0n) is 15.0. The molecule has 0 unspecified atom stereocenters. The van der Waals surface area contributed by atoms with E-state index in [1.807, 2.05) is 48.5 Å². The van der Waals surface area contributed by atoms with Crippen molar-refractivity contribution in [1.29, 1.82) is 0 Å². The predicted molar refractivity (Wildman–Crippen MR) is 103 cm³/mol. The van der Waals surface area contributed by atoms with Crippen molar-refractivity contribution >= 4 is 5.78 Å². The molecule has 0 radical (unpaired) electrons. The van der Waals surface area contributed by atoms with Gasteiger partial charge >= 0.3 is 0 Å². The van der Waals surface area contributed by atoms with E-state index in [0.29, 0.717) is 23.5 Å². The summed E-state index contributed by atoms with van der Waals surface area (Å²) in [6, 6.07) is 25.3. The lowest BCUT2D eigenvalue weighted by Gasteiger charge is -2.18. The SMILES string of the molecule is COc1ccc(C(=O)[C@@H](Cc2ccccc2)c2ccccc2)cc1OC. The van der Waals surface area contributed by atoms with Crippen LogP contribution in [-0.4, -0.2) is 20.0 Å². The molecule has 3 nitrogen and oxygen atoms in total. The molecule has 0 fully saturated rings. The van der Waals surface area contributed by atoms with Crippen LogP contribution < -0.4 is 9.47 Å². The molecule has 0 saturated heterocycles. The highest BCUT2D eigenvalue weighted by Gasteiger charge is 2.23. The van der Waals surface area contributed by atoms with Crippen molar-refractivity contribution in [2.45, 2.75) is 12.3 Å². The molecule has 0 saturated carbocycles. The molecule has 0 aliphatic heterocycles. The third-order valence-electron chi connectivity index (χ3n) is 4.47. The van der Waals surface area contributed by atoms with Gasteiger partial charge in [-0.25, -0.2) is 0 Å². The summed E-state index contributed by atoms with van der Waals surface area (Å²) in [5.74, 6) is 0.992. The van der Waals surface area contributed by atoms with E-state index in [4.69, 9.17) is 9.47 Å². The van der Waals surface area contributed by atoms with Crippen LogP contribution in [0, 0.1) is 0 Å². The highest BCUT2D eigenvalue weighted by Crippen LogP contribution is 2.31. The lowest BCUT2D eigenvalue weighted by molar-refractivity contribution is 0.0958. The first-order valence-electron chi connectivity index (χ1n) is 8.58. The van der Waals surface area contributed by atoms with E-state index >= 15 is 0 Å². The van der Waals surface area contributed by atoms with Gasteiger partial charge in [0, 0.05) is 5.56 Å². The summed E-state index contributed by atoms with van der Waals surface area (Å²) in [7, 11) is 3.16. The normalized spacial score (nSPS) is 11.6. The number of ether oxygens (including phenoxy) is 2. The van der Waals surface area contributed by atoms with Crippen LogP contribution in [0.15, 0.2) is 78.9 Å². The van der Waals surface area contributed by atoms with Gasteiger partial charge in [0.1, 0.15) is 0 Å². The number of rotatable bonds is 7. The first-order chi connectivity index (χ1) is 12.7. The summed E-state index contributed by atoms with van der Waals surface area (Å²) in [5, 5.41) is 0. The Bertz CT molecular complexity index is 857. The van der Waals surface area contributed by atoms with E-state index in [-0.39, 0.29) is 11.7 Å². The van der Waals surface area contributed by atoms with Crippen molar-refractivity contribution in [1.82, 2.24) is 0 Å². The van der Waals surface area contributed by atoms with Crippen molar-refractivity contribution in [3.8, 4) is 11.5 Å². The molecule has 1 atom stereocenters. The number of hydrogen-bond donors (Lipinski definition) is 0. The second-order valence-corrected chi connectivity index (χ2v) is 6.09. The third kappa shape index (κ3) is 3.94. The molecule has 0 aliphatic carbocycles. The van der Waals surface area contributed by atoms with Gasteiger partial charge in [-0.15, -0.1) is 0 Å². The number of carbonyl (C=O) groups excluding carboxylic acids is 1. The topological polar surface area (TPSA) is 35.5 Å². The Balaban J connectivity index is 1.97. The summed E-state index contributed by atoms with van der Waals surface area (Å²) in [4.78, 5) is 13.3. The number of hydrogen-bond acceptors (Lipinski definition) is 3. The minimum absolute atomic E-state index is 0.0704. The standard InChI is InChI=1S/C23H22O3/c1-25-21-14-13-19(16-22(21)26-2)23(24)20(18-11-7-4-8-12-18)15-17-9-5-3-6-10-17/h3-14,16,20H,15H2,1-2H3/t20-/m0/s1. The van der Waals surface area contributed by atoms with Crippen molar-refractivity contribution in [3.63, 3.8) is 0 Å². The van der Waals surface area contributed by atoms with Crippen LogP contribution in [0.4, 0.5) is 0 Å². The van der Waals surface area contributed by atoms with E-state index in [1.165, 1.54) is 0 Å². The second kappa shape index (κ2) is 8.34. The van der Waals surface area contributed by atoms with E-state index in [9.17, 15) is 4.79 Å². The molecular formula is C23H22O3. The van der Waals surface area contributed by atoms with Gasteiger partial charge in [-0.1, -0.05) is 60.7 Å². The number of Topliss-reactive ketones (excluding diaryl/α,β-unsaturated/α-hetero) is 1. The summed E-state index contributed by atoms with van der Waals surface area (Å²) < 4.78 is 10.6. The van der Waals surface area contributed by atoms with Gasteiger partial charge < -0.3 is 9.47 Å². The van der Waals surface area contributed by atoms with Crippen LogP contribution in [0.3, 0.4) is 0 Å². The average Bonchev–Trinajstić information content (AvgIpc) is 2.72. The first-order valence-corrected chi connectivity index (χ1v) is 8.58. The molecule has 26 heavy (non-hydrogen) atoms. The molecule has 0 spiro atoms. The zero-order valence-corrected chi connectivity index (χ0v) is 15.0. The fourth-order valence-electron chi connectivity index (χ4n) is 3.09. The van der Waals surface area contributed by atoms with Gasteiger partial charge in [0.15, 0.2) is 17.3 Å². The molecule has 132 valence electrons. The Morgan fingerprint density at radius 3 is 2.04 bits per heavy atom. The summed E-state index contributed by atoms with van der Waals surface area (Å²) >= 11 is 0. The molecule has 0 aromatic heterocycles. The average molecular weight is 346 g/mol. The maximum atomic E-state index is 13.3. The molecule has 3 rings (SSSR count).